The molecule has 1 N–H and O–H groups in total. The molecule has 1 aromatic carbocycles. The zero-order valence-electron chi connectivity index (χ0n) is 12.1. The summed E-state index contributed by atoms with van der Waals surface area (Å²) in [5, 5.41) is 10.1. The monoisotopic (exact) mass is 285 g/mol. The fourth-order valence-electron chi connectivity index (χ4n) is 2.59. The Labute approximate surface area is 118 Å². The molecule has 1 aromatic rings. The van der Waals surface area contributed by atoms with Gasteiger partial charge in [-0.3, -0.25) is 4.90 Å². The molecule has 1 heterocycles. The Kier molecular flexibility index (Phi) is 4.30. The smallest absolute Gasteiger partial charge is 0.167 e. The van der Waals surface area contributed by atoms with Gasteiger partial charge < -0.3 is 9.84 Å². The highest BCUT2D eigenvalue weighted by Gasteiger charge is 2.34. The molecule has 0 aliphatic carbocycles. The van der Waals surface area contributed by atoms with E-state index in [9.17, 15) is 13.9 Å². The Morgan fingerprint density at radius 1 is 1.45 bits per heavy atom. The molecular formula is C15H21F2NO2. The molecule has 0 aromatic heterocycles. The topological polar surface area (TPSA) is 32.7 Å². The van der Waals surface area contributed by atoms with Crippen LogP contribution >= 0.6 is 0 Å². The number of aliphatic hydroxyl groups is 1. The normalized spacial score (nSPS) is 27.6. The molecule has 1 saturated heterocycles. The largest absolute Gasteiger partial charge is 0.496 e. The van der Waals surface area contributed by atoms with Crippen molar-refractivity contribution in [1.29, 1.82) is 0 Å². The van der Waals surface area contributed by atoms with Crippen molar-refractivity contribution in [2.75, 3.05) is 20.2 Å². The summed E-state index contributed by atoms with van der Waals surface area (Å²) in [4.78, 5) is 2.02. The lowest BCUT2D eigenvalue weighted by Gasteiger charge is -2.41. The first-order valence-corrected chi connectivity index (χ1v) is 6.80. The minimum Gasteiger partial charge on any atom is -0.496 e. The Morgan fingerprint density at radius 2 is 2.15 bits per heavy atom. The molecule has 0 amide bonds. The summed E-state index contributed by atoms with van der Waals surface area (Å²) >= 11 is 0. The number of halogens is 2. The van der Waals surface area contributed by atoms with Crippen molar-refractivity contribution in [2.45, 2.75) is 32.4 Å². The van der Waals surface area contributed by atoms with Crippen molar-refractivity contribution in [2.24, 2.45) is 5.92 Å². The van der Waals surface area contributed by atoms with Gasteiger partial charge in [0.25, 0.3) is 0 Å². The number of hydrogen-bond donors (Lipinski definition) is 1. The second-order valence-corrected chi connectivity index (χ2v) is 5.79. The number of rotatable bonds is 3. The van der Waals surface area contributed by atoms with Crippen molar-refractivity contribution < 1.29 is 18.6 Å². The van der Waals surface area contributed by atoms with Gasteiger partial charge in [0.2, 0.25) is 0 Å². The average molecular weight is 285 g/mol. The van der Waals surface area contributed by atoms with Crippen molar-refractivity contribution in [3.63, 3.8) is 0 Å². The third kappa shape index (κ3) is 2.94. The SMILES string of the molecule is COc1ccc(F)c(F)c1CN1CC[C@](C)(O)[C@H](C)C1. The first-order chi connectivity index (χ1) is 9.35. The number of methoxy groups -OCH3 is 1. The summed E-state index contributed by atoms with van der Waals surface area (Å²) in [5.74, 6) is -1.28. The maximum atomic E-state index is 13.9. The van der Waals surface area contributed by atoms with E-state index in [0.717, 1.165) is 6.07 Å². The summed E-state index contributed by atoms with van der Waals surface area (Å²) in [6, 6.07) is 2.51. The van der Waals surface area contributed by atoms with Gasteiger partial charge in [0, 0.05) is 25.2 Å². The van der Waals surface area contributed by atoms with E-state index in [0.29, 0.717) is 25.3 Å². The van der Waals surface area contributed by atoms with E-state index < -0.39 is 17.2 Å². The Hall–Kier alpha value is -1.20. The molecule has 1 aliphatic rings. The Bertz CT molecular complexity index is 491. The lowest BCUT2D eigenvalue weighted by atomic mass is 9.84. The van der Waals surface area contributed by atoms with Crippen LogP contribution < -0.4 is 4.74 Å². The minimum atomic E-state index is -0.863. The molecule has 0 saturated carbocycles. The third-order valence-electron chi connectivity index (χ3n) is 4.28. The van der Waals surface area contributed by atoms with Crippen LogP contribution in [0.5, 0.6) is 5.75 Å². The first kappa shape index (κ1) is 15.2. The van der Waals surface area contributed by atoms with Crippen LogP contribution in [0.4, 0.5) is 8.78 Å². The van der Waals surface area contributed by atoms with Crippen molar-refractivity contribution in [3.8, 4) is 5.75 Å². The van der Waals surface area contributed by atoms with Crippen molar-refractivity contribution in [1.82, 2.24) is 4.90 Å². The highest BCUT2D eigenvalue weighted by molar-refractivity contribution is 5.35. The molecule has 0 bridgehead atoms. The van der Waals surface area contributed by atoms with Crippen LogP contribution in [0.25, 0.3) is 0 Å². The lowest BCUT2D eigenvalue weighted by molar-refractivity contribution is -0.0526. The van der Waals surface area contributed by atoms with Gasteiger partial charge in [-0.1, -0.05) is 6.92 Å². The molecule has 0 spiro atoms. The van der Waals surface area contributed by atoms with E-state index in [1.54, 1.807) is 0 Å². The van der Waals surface area contributed by atoms with Gasteiger partial charge in [-0.25, -0.2) is 8.78 Å². The molecular weight excluding hydrogens is 264 g/mol. The second-order valence-electron chi connectivity index (χ2n) is 5.79. The van der Waals surface area contributed by atoms with Gasteiger partial charge in [0.15, 0.2) is 11.6 Å². The van der Waals surface area contributed by atoms with Gasteiger partial charge in [-0.15, -0.1) is 0 Å². The summed E-state index contributed by atoms with van der Waals surface area (Å²) in [7, 11) is 1.44. The predicted octanol–water partition coefficient (Wildman–Crippen LogP) is 2.57. The van der Waals surface area contributed by atoms with Gasteiger partial charge in [-0.2, -0.15) is 0 Å². The third-order valence-corrected chi connectivity index (χ3v) is 4.28. The maximum absolute atomic E-state index is 13.9. The molecule has 5 heteroatoms. The summed E-state index contributed by atoms with van der Waals surface area (Å²) in [6.07, 6.45) is 0.618. The van der Waals surface area contributed by atoms with Crippen LogP contribution in [0, 0.1) is 17.6 Å². The van der Waals surface area contributed by atoms with Crippen LogP contribution in [-0.2, 0) is 6.54 Å². The van der Waals surface area contributed by atoms with Crippen LogP contribution in [0.2, 0.25) is 0 Å². The number of nitrogens with zero attached hydrogens (tertiary/aromatic N) is 1. The van der Waals surface area contributed by atoms with E-state index in [4.69, 9.17) is 4.74 Å². The molecule has 3 nitrogen and oxygen atoms in total. The molecule has 2 rings (SSSR count). The summed E-state index contributed by atoms with van der Waals surface area (Å²) in [5.41, 5.74) is -0.456. The number of ether oxygens (including phenoxy) is 1. The number of piperidine rings is 1. The maximum Gasteiger partial charge on any atom is 0.167 e. The van der Waals surface area contributed by atoms with Gasteiger partial charge in [0.1, 0.15) is 5.75 Å². The number of likely N-dealkylation sites (tertiary alicyclic amines) is 1. The van der Waals surface area contributed by atoms with Gasteiger partial charge in [-0.05, 0) is 31.4 Å². The molecule has 2 atom stereocenters. The molecule has 1 fully saturated rings. The number of benzene rings is 1. The quantitative estimate of drug-likeness (QED) is 0.926. The van der Waals surface area contributed by atoms with Crippen LogP contribution in [-0.4, -0.2) is 35.8 Å². The highest BCUT2D eigenvalue weighted by atomic mass is 19.2. The van der Waals surface area contributed by atoms with E-state index in [1.165, 1.54) is 13.2 Å². The van der Waals surface area contributed by atoms with Gasteiger partial charge in [0.05, 0.1) is 12.7 Å². The van der Waals surface area contributed by atoms with Crippen molar-refractivity contribution >= 4 is 0 Å². The fourth-order valence-corrected chi connectivity index (χ4v) is 2.59. The van der Waals surface area contributed by atoms with E-state index >= 15 is 0 Å². The van der Waals surface area contributed by atoms with Crippen LogP contribution in [0.1, 0.15) is 25.8 Å². The Morgan fingerprint density at radius 3 is 2.75 bits per heavy atom. The average Bonchev–Trinajstić information content (AvgIpc) is 2.40. The van der Waals surface area contributed by atoms with Crippen LogP contribution in [0.3, 0.4) is 0 Å². The van der Waals surface area contributed by atoms with Crippen LogP contribution in [0.15, 0.2) is 12.1 Å². The zero-order chi connectivity index (χ0) is 14.9. The standard InChI is InChI=1S/C15H21F2NO2/c1-10-8-18(7-6-15(10,2)19)9-11-13(20-3)5-4-12(16)14(11)17/h4-5,10,19H,6-9H2,1-3H3/t10-,15+/m1/s1. The van der Waals surface area contributed by atoms with E-state index in [-0.39, 0.29) is 18.0 Å². The summed E-state index contributed by atoms with van der Waals surface area (Å²) < 4.78 is 32.4. The fraction of sp³-hybridized carbons (Fsp3) is 0.600. The molecule has 1 aliphatic heterocycles. The molecule has 20 heavy (non-hydrogen) atoms. The minimum absolute atomic E-state index is 0.0823. The first-order valence-electron chi connectivity index (χ1n) is 6.80. The second kappa shape index (κ2) is 5.66. The van der Waals surface area contributed by atoms with E-state index in [2.05, 4.69) is 0 Å². The Balaban J connectivity index is 2.17. The lowest BCUT2D eigenvalue weighted by Crippen LogP contribution is -2.48. The van der Waals surface area contributed by atoms with Gasteiger partial charge >= 0.3 is 0 Å². The number of hydrogen-bond acceptors (Lipinski definition) is 3. The van der Waals surface area contributed by atoms with E-state index in [1.807, 2.05) is 18.7 Å². The summed E-state index contributed by atoms with van der Waals surface area (Å²) in [6.45, 7) is 5.36. The predicted molar refractivity (Wildman–Crippen MR) is 72.6 cm³/mol. The molecule has 0 unspecified atom stereocenters. The molecule has 0 radical (unpaired) electrons. The highest BCUT2D eigenvalue weighted by Crippen LogP contribution is 2.30. The van der Waals surface area contributed by atoms with Crippen molar-refractivity contribution in [3.05, 3.63) is 29.3 Å². The zero-order valence-corrected chi connectivity index (χ0v) is 12.1. The molecule has 112 valence electrons.